The second kappa shape index (κ2) is 7.76. The van der Waals surface area contributed by atoms with Crippen LogP contribution < -0.4 is 4.74 Å². The molecule has 6 nitrogen and oxygen atoms in total. The van der Waals surface area contributed by atoms with Crippen LogP contribution in [0.5, 0.6) is 11.5 Å². The van der Waals surface area contributed by atoms with Crippen LogP contribution in [-0.4, -0.2) is 42.3 Å². The molecule has 0 amide bonds. The molecule has 0 heterocycles. The molecule has 2 rings (SSSR count). The summed E-state index contributed by atoms with van der Waals surface area (Å²) in [7, 11) is -3.55. The van der Waals surface area contributed by atoms with Crippen LogP contribution in [0.1, 0.15) is 15.9 Å². The van der Waals surface area contributed by atoms with Crippen LogP contribution in [0.4, 0.5) is 0 Å². The first-order chi connectivity index (χ1) is 11.7. The van der Waals surface area contributed by atoms with Crippen LogP contribution >= 0.6 is 11.6 Å². The van der Waals surface area contributed by atoms with E-state index in [0.717, 1.165) is 11.6 Å². The molecule has 2 N–H and O–H groups in total. The highest BCUT2D eigenvalue weighted by atomic mass is 35.5. The molecule has 0 saturated carbocycles. The fraction of sp³-hybridized carbons (Fsp3) is 0.235. The Hall–Kier alpha value is -2.25. The first-order valence-electron chi connectivity index (χ1n) is 7.31. The molecule has 0 aromatic heterocycles. The lowest BCUT2D eigenvalue weighted by Crippen LogP contribution is -2.22. The predicted molar refractivity (Wildman–Crippen MR) is 93.4 cm³/mol. The number of carboxylic acids is 1. The maximum atomic E-state index is 12.3. The molecular weight excluding hydrogens is 368 g/mol. The van der Waals surface area contributed by atoms with Crippen LogP contribution in [0.2, 0.25) is 0 Å². The lowest BCUT2D eigenvalue weighted by Gasteiger charge is -2.13. The van der Waals surface area contributed by atoms with Crippen molar-refractivity contribution >= 4 is 27.4 Å². The Bertz CT molecular complexity index is 861. The fourth-order valence-electron chi connectivity index (χ4n) is 2.10. The van der Waals surface area contributed by atoms with Gasteiger partial charge in [0, 0.05) is 6.07 Å². The maximum absolute atomic E-state index is 12.3. The average molecular weight is 385 g/mol. The lowest BCUT2D eigenvalue weighted by atomic mass is 10.2. The van der Waals surface area contributed by atoms with E-state index in [-0.39, 0.29) is 28.6 Å². The summed E-state index contributed by atoms with van der Waals surface area (Å²) in [4.78, 5) is 11.0. The summed E-state index contributed by atoms with van der Waals surface area (Å²) in [6.07, 6.45) is 0. The van der Waals surface area contributed by atoms with Gasteiger partial charge in [-0.05, 0) is 31.2 Å². The van der Waals surface area contributed by atoms with Gasteiger partial charge in [0.25, 0.3) is 0 Å². The van der Waals surface area contributed by atoms with Gasteiger partial charge in [-0.2, -0.15) is 0 Å². The highest BCUT2D eigenvalue weighted by Crippen LogP contribution is 2.24. The van der Waals surface area contributed by atoms with Crippen molar-refractivity contribution in [3.63, 3.8) is 0 Å². The monoisotopic (exact) mass is 384 g/mol. The van der Waals surface area contributed by atoms with E-state index in [1.807, 2.05) is 6.92 Å². The molecule has 8 heteroatoms. The third kappa shape index (κ3) is 5.11. The maximum Gasteiger partial charge on any atom is 0.339 e. The Morgan fingerprint density at radius 3 is 2.40 bits per heavy atom. The molecule has 0 bridgehead atoms. The standard InChI is InChI=1S/C17H17ClO6S/c1-11-2-5-14(6-3-11)25(22,23)10-12(18)9-24-13-4-7-15(17(20)21)16(19)8-13/h2-8,12,19H,9-10H2,1H3,(H,20,21). The van der Waals surface area contributed by atoms with Crippen LogP contribution in [0.3, 0.4) is 0 Å². The highest BCUT2D eigenvalue weighted by molar-refractivity contribution is 7.91. The average Bonchev–Trinajstić information content (AvgIpc) is 2.52. The zero-order valence-corrected chi connectivity index (χ0v) is 14.9. The van der Waals surface area contributed by atoms with Gasteiger partial charge in [-0.1, -0.05) is 17.7 Å². The number of ether oxygens (including phenoxy) is 1. The zero-order valence-electron chi connectivity index (χ0n) is 13.3. The number of aromatic hydroxyl groups is 1. The van der Waals surface area contributed by atoms with Gasteiger partial charge in [-0.3, -0.25) is 0 Å². The first-order valence-corrected chi connectivity index (χ1v) is 9.40. The second-order valence-electron chi connectivity index (χ2n) is 5.49. The molecule has 0 fully saturated rings. The number of aryl methyl sites for hydroxylation is 1. The van der Waals surface area contributed by atoms with E-state index in [0.29, 0.717) is 0 Å². The molecule has 134 valence electrons. The van der Waals surface area contributed by atoms with E-state index in [2.05, 4.69) is 0 Å². The minimum absolute atomic E-state index is 0.113. The van der Waals surface area contributed by atoms with Crippen molar-refractivity contribution in [1.82, 2.24) is 0 Å². The number of phenols is 1. The van der Waals surface area contributed by atoms with Gasteiger partial charge < -0.3 is 14.9 Å². The topological polar surface area (TPSA) is 101 Å². The molecule has 0 aliphatic carbocycles. The Kier molecular flexibility index (Phi) is 5.92. The van der Waals surface area contributed by atoms with Crippen molar-refractivity contribution in [2.24, 2.45) is 0 Å². The quantitative estimate of drug-likeness (QED) is 0.712. The van der Waals surface area contributed by atoms with E-state index in [1.54, 1.807) is 12.1 Å². The van der Waals surface area contributed by atoms with E-state index < -0.39 is 26.9 Å². The summed E-state index contributed by atoms with van der Waals surface area (Å²) in [5.74, 6) is -1.82. The number of halogens is 1. The fourth-order valence-corrected chi connectivity index (χ4v) is 3.97. The highest BCUT2D eigenvalue weighted by Gasteiger charge is 2.20. The van der Waals surface area contributed by atoms with Crippen molar-refractivity contribution in [3.05, 3.63) is 53.6 Å². The number of sulfone groups is 1. The molecule has 25 heavy (non-hydrogen) atoms. The van der Waals surface area contributed by atoms with Gasteiger partial charge in [0.1, 0.15) is 23.7 Å². The predicted octanol–water partition coefficient (Wildman–Crippen LogP) is 2.86. The van der Waals surface area contributed by atoms with Crippen LogP contribution in [0.15, 0.2) is 47.4 Å². The zero-order chi connectivity index (χ0) is 18.6. The number of carboxylic acid groups (broad SMARTS) is 1. The third-order valence-electron chi connectivity index (χ3n) is 3.41. The Morgan fingerprint density at radius 2 is 1.84 bits per heavy atom. The number of hydrogen-bond acceptors (Lipinski definition) is 5. The molecule has 0 aliphatic heterocycles. The number of carbonyl (C=O) groups is 1. The van der Waals surface area contributed by atoms with Crippen molar-refractivity contribution in [1.29, 1.82) is 0 Å². The molecule has 2 aromatic rings. The normalized spacial score (nSPS) is 12.6. The largest absolute Gasteiger partial charge is 0.507 e. The second-order valence-corrected chi connectivity index (χ2v) is 8.14. The SMILES string of the molecule is Cc1ccc(S(=O)(=O)CC(Cl)COc2ccc(C(=O)O)c(O)c2)cc1. The molecule has 0 radical (unpaired) electrons. The summed E-state index contributed by atoms with van der Waals surface area (Å²) < 4.78 is 29.9. The number of benzene rings is 2. The van der Waals surface area contributed by atoms with Gasteiger partial charge in [0.05, 0.1) is 16.0 Å². The molecule has 0 aliphatic rings. The van der Waals surface area contributed by atoms with Gasteiger partial charge >= 0.3 is 5.97 Å². The van der Waals surface area contributed by atoms with Crippen molar-refractivity contribution < 1.29 is 28.2 Å². The molecule has 2 aromatic carbocycles. The summed E-state index contributed by atoms with van der Waals surface area (Å²) in [6, 6.07) is 10.2. The van der Waals surface area contributed by atoms with Crippen LogP contribution in [-0.2, 0) is 9.84 Å². The Balaban J connectivity index is 1.98. The van der Waals surface area contributed by atoms with Crippen molar-refractivity contribution in [2.75, 3.05) is 12.4 Å². The van der Waals surface area contributed by atoms with Gasteiger partial charge in [0.15, 0.2) is 9.84 Å². The Labute approximate surface area is 150 Å². The van der Waals surface area contributed by atoms with E-state index in [1.165, 1.54) is 24.3 Å². The summed E-state index contributed by atoms with van der Waals surface area (Å²) in [5, 5.41) is 17.6. The van der Waals surface area contributed by atoms with Crippen molar-refractivity contribution in [2.45, 2.75) is 17.2 Å². The summed E-state index contributed by atoms with van der Waals surface area (Å²) in [5.41, 5.74) is 0.700. The summed E-state index contributed by atoms with van der Waals surface area (Å²) in [6.45, 7) is 1.75. The summed E-state index contributed by atoms with van der Waals surface area (Å²) >= 11 is 6.06. The smallest absolute Gasteiger partial charge is 0.339 e. The van der Waals surface area contributed by atoms with Gasteiger partial charge in [-0.25, -0.2) is 13.2 Å². The third-order valence-corrected chi connectivity index (χ3v) is 5.71. The van der Waals surface area contributed by atoms with Gasteiger partial charge in [0.2, 0.25) is 0 Å². The minimum Gasteiger partial charge on any atom is -0.507 e. The number of aromatic carboxylic acids is 1. The Morgan fingerprint density at radius 1 is 1.20 bits per heavy atom. The van der Waals surface area contributed by atoms with E-state index >= 15 is 0 Å². The number of alkyl halides is 1. The minimum atomic E-state index is -3.55. The molecule has 0 spiro atoms. The van der Waals surface area contributed by atoms with E-state index in [9.17, 15) is 18.3 Å². The van der Waals surface area contributed by atoms with Crippen LogP contribution in [0.25, 0.3) is 0 Å². The van der Waals surface area contributed by atoms with Crippen molar-refractivity contribution in [3.8, 4) is 11.5 Å². The molecule has 0 saturated heterocycles. The number of hydrogen-bond donors (Lipinski definition) is 2. The van der Waals surface area contributed by atoms with Crippen LogP contribution in [0, 0.1) is 6.92 Å². The van der Waals surface area contributed by atoms with Gasteiger partial charge in [-0.15, -0.1) is 11.6 Å². The molecule has 1 atom stereocenters. The molecule has 1 unspecified atom stereocenters. The lowest BCUT2D eigenvalue weighted by molar-refractivity contribution is 0.0693. The molecular formula is C17H17ClO6S. The number of rotatable bonds is 7. The van der Waals surface area contributed by atoms with E-state index in [4.69, 9.17) is 21.4 Å². The first kappa shape index (κ1) is 19.1.